The van der Waals surface area contributed by atoms with Crippen LogP contribution in [0.1, 0.15) is 18.4 Å². The molecule has 3 rings (SSSR count). The number of carbonyl (C=O) groups excluding carboxylic acids is 1. The van der Waals surface area contributed by atoms with Crippen LogP contribution in [0.25, 0.3) is 0 Å². The Bertz CT molecular complexity index is 745. The second-order valence-corrected chi connectivity index (χ2v) is 6.12. The van der Waals surface area contributed by atoms with E-state index < -0.39 is 12.0 Å². The number of ether oxygens (including phenoxy) is 2. The molecule has 1 saturated heterocycles. The molecule has 1 amide bonds. The lowest BCUT2D eigenvalue weighted by Crippen LogP contribution is -2.42. The molecule has 1 heterocycles. The van der Waals surface area contributed by atoms with Crippen LogP contribution < -0.4 is 9.47 Å². The van der Waals surface area contributed by atoms with Crippen molar-refractivity contribution in [2.75, 3.05) is 13.2 Å². The molecule has 0 bridgehead atoms. The number of hydrogen-bond acceptors (Lipinski definition) is 4. The van der Waals surface area contributed by atoms with Gasteiger partial charge in [0.05, 0.1) is 0 Å². The Morgan fingerprint density at radius 3 is 2.31 bits per heavy atom. The Labute approximate surface area is 152 Å². The minimum atomic E-state index is -0.962. The zero-order valence-electron chi connectivity index (χ0n) is 14.3. The Kier molecular flexibility index (Phi) is 5.73. The number of nitrogens with zero attached hydrogens (tertiary/aromatic N) is 1. The van der Waals surface area contributed by atoms with E-state index in [2.05, 4.69) is 0 Å². The van der Waals surface area contributed by atoms with Crippen LogP contribution in [-0.2, 0) is 16.2 Å². The lowest BCUT2D eigenvalue weighted by atomic mass is 10.2. The zero-order valence-corrected chi connectivity index (χ0v) is 14.3. The number of benzene rings is 2. The van der Waals surface area contributed by atoms with Gasteiger partial charge in [0.2, 0.25) is 0 Å². The summed E-state index contributed by atoms with van der Waals surface area (Å²) in [5, 5.41) is 9.13. The molecule has 136 valence electrons. The molecule has 1 aliphatic rings. The third kappa shape index (κ3) is 4.53. The molecule has 0 spiro atoms. The topological polar surface area (TPSA) is 76.1 Å². The summed E-state index contributed by atoms with van der Waals surface area (Å²) in [4.78, 5) is 24.7. The Morgan fingerprint density at radius 1 is 1.00 bits per heavy atom. The second kappa shape index (κ2) is 8.38. The van der Waals surface area contributed by atoms with Crippen LogP contribution in [0.2, 0.25) is 0 Å². The zero-order chi connectivity index (χ0) is 18.4. The van der Waals surface area contributed by atoms with Gasteiger partial charge in [0.15, 0.2) is 6.61 Å². The largest absolute Gasteiger partial charge is 0.489 e. The summed E-state index contributed by atoms with van der Waals surface area (Å²) in [5.74, 6) is -0.0235. The molecule has 2 aromatic rings. The molecule has 0 unspecified atom stereocenters. The van der Waals surface area contributed by atoms with Gasteiger partial charge in [0.1, 0.15) is 24.1 Å². The maximum absolute atomic E-state index is 12.2. The van der Waals surface area contributed by atoms with E-state index in [4.69, 9.17) is 14.6 Å². The fourth-order valence-electron chi connectivity index (χ4n) is 2.92. The number of aliphatic carboxylic acids is 1. The van der Waals surface area contributed by atoms with Gasteiger partial charge in [-0.05, 0) is 42.7 Å². The maximum Gasteiger partial charge on any atom is 0.326 e. The fourth-order valence-corrected chi connectivity index (χ4v) is 2.92. The van der Waals surface area contributed by atoms with E-state index in [1.54, 1.807) is 24.3 Å². The van der Waals surface area contributed by atoms with Crippen molar-refractivity contribution in [2.24, 2.45) is 0 Å². The summed E-state index contributed by atoms with van der Waals surface area (Å²) in [6.07, 6.45) is 1.20. The van der Waals surface area contributed by atoms with E-state index in [0.717, 1.165) is 5.56 Å². The molecule has 6 heteroatoms. The first-order chi connectivity index (χ1) is 12.6. The molecular formula is C20H21NO5. The lowest BCUT2D eigenvalue weighted by Gasteiger charge is -2.21. The molecule has 0 aromatic heterocycles. The molecule has 1 N–H and O–H groups in total. The highest BCUT2D eigenvalue weighted by Crippen LogP contribution is 2.20. The summed E-state index contributed by atoms with van der Waals surface area (Å²) in [7, 11) is 0. The van der Waals surface area contributed by atoms with Crippen LogP contribution in [-0.4, -0.2) is 41.1 Å². The van der Waals surface area contributed by atoms with Gasteiger partial charge in [0.25, 0.3) is 5.91 Å². The first-order valence-electron chi connectivity index (χ1n) is 8.55. The monoisotopic (exact) mass is 355 g/mol. The van der Waals surface area contributed by atoms with Crippen molar-refractivity contribution in [3.8, 4) is 11.5 Å². The molecule has 0 aliphatic carbocycles. The van der Waals surface area contributed by atoms with Crippen molar-refractivity contribution in [1.82, 2.24) is 4.90 Å². The van der Waals surface area contributed by atoms with Gasteiger partial charge in [-0.1, -0.05) is 30.3 Å². The Morgan fingerprint density at radius 2 is 1.65 bits per heavy atom. The van der Waals surface area contributed by atoms with Crippen molar-refractivity contribution < 1.29 is 24.2 Å². The van der Waals surface area contributed by atoms with Crippen molar-refractivity contribution >= 4 is 11.9 Å². The maximum atomic E-state index is 12.2. The molecule has 26 heavy (non-hydrogen) atoms. The number of carboxylic acids is 1. The standard InChI is InChI=1S/C20H21NO5/c22-19(21-12-4-7-18(21)20(23)24)14-26-17-10-8-16(9-11-17)25-13-15-5-2-1-3-6-15/h1-3,5-6,8-11,18H,4,7,12-14H2,(H,23,24)/t18-/m1/s1. The molecular weight excluding hydrogens is 334 g/mol. The highest BCUT2D eigenvalue weighted by molar-refractivity contribution is 5.85. The van der Waals surface area contributed by atoms with Gasteiger partial charge in [-0.15, -0.1) is 0 Å². The molecule has 6 nitrogen and oxygen atoms in total. The van der Waals surface area contributed by atoms with Crippen LogP contribution in [0.5, 0.6) is 11.5 Å². The van der Waals surface area contributed by atoms with Crippen LogP contribution in [0.3, 0.4) is 0 Å². The van der Waals surface area contributed by atoms with Crippen molar-refractivity contribution in [3.63, 3.8) is 0 Å². The normalized spacial score (nSPS) is 16.3. The van der Waals surface area contributed by atoms with Crippen LogP contribution in [0.4, 0.5) is 0 Å². The first kappa shape index (κ1) is 17.8. The number of rotatable bonds is 7. The first-order valence-corrected chi connectivity index (χ1v) is 8.55. The van der Waals surface area contributed by atoms with Crippen LogP contribution in [0.15, 0.2) is 54.6 Å². The van der Waals surface area contributed by atoms with Crippen molar-refractivity contribution in [3.05, 3.63) is 60.2 Å². The van der Waals surface area contributed by atoms with Gasteiger partial charge in [0, 0.05) is 6.54 Å². The van der Waals surface area contributed by atoms with Crippen LogP contribution in [0, 0.1) is 0 Å². The molecule has 1 fully saturated rings. The molecule has 1 aliphatic heterocycles. The van der Waals surface area contributed by atoms with Gasteiger partial charge in [-0.3, -0.25) is 4.79 Å². The third-order valence-electron chi connectivity index (χ3n) is 4.29. The predicted molar refractivity (Wildman–Crippen MR) is 95.1 cm³/mol. The van der Waals surface area contributed by atoms with Crippen molar-refractivity contribution in [1.29, 1.82) is 0 Å². The summed E-state index contributed by atoms with van der Waals surface area (Å²) in [5.41, 5.74) is 1.08. The molecule has 0 radical (unpaired) electrons. The summed E-state index contributed by atoms with van der Waals surface area (Å²) < 4.78 is 11.2. The minimum Gasteiger partial charge on any atom is -0.489 e. The van der Waals surface area contributed by atoms with E-state index in [-0.39, 0.29) is 12.5 Å². The van der Waals surface area contributed by atoms with Crippen LogP contribution >= 0.6 is 0 Å². The average molecular weight is 355 g/mol. The summed E-state index contributed by atoms with van der Waals surface area (Å²) in [6, 6.07) is 16.1. The van der Waals surface area contributed by atoms with Gasteiger partial charge in [-0.25, -0.2) is 4.79 Å². The number of hydrogen-bond donors (Lipinski definition) is 1. The SMILES string of the molecule is O=C(O)[C@H]1CCCN1C(=O)COc1ccc(OCc2ccccc2)cc1. The lowest BCUT2D eigenvalue weighted by molar-refractivity contribution is -0.148. The Balaban J connectivity index is 1.48. The molecule has 2 aromatic carbocycles. The van der Waals surface area contributed by atoms with E-state index in [1.807, 2.05) is 30.3 Å². The number of carbonyl (C=O) groups is 2. The molecule has 1 atom stereocenters. The van der Waals surface area contributed by atoms with Gasteiger partial charge >= 0.3 is 5.97 Å². The molecule has 0 saturated carbocycles. The number of carboxylic acid groups (broad SMARTS) is 1. The third-order valence-corrected chi connectivity index (χ3v) is 4.29. The van der Waals surface area contributed by atoms with Gasteiger partial charge in [-0.2, -0.15) is 0 Å². The van der Waals surface area contributed by atoms with E-state index in [9.17, 15) is 9.59 Å². The fraction of sp³-hybridized carbons (Fsp3) is 0.300. The van der Waals surface area contributed by atoms with Crippen molar-refractivity contribution in [2.45, 2.75) is 25.5 Å². The summed E-state index contributed by atoms with van der Waals surface area (Å²) >= 11 is 0. The quantitative estimate of drug-likeness (QED) is 0.826. The van der Waals surface area contributed by atoms with E-state index in [1.165, 1.54) is 4.90 Å². The Hall–Kier alpha value is -3.02. The smallest absolute Gasteiger partial charge is 0.326 e. The predicted octanol–water partition coefficient (Wildman–Crippen LogP) is 2.72. The van der Waals surface area contributed by atoms with E-state index >= 15 is 0 Å². The highest BCUT2D eigenvalue weighted by Gasteiger charge is 2.33. The highest BCUT2D eigenvalue weighted by atomic mass is 16.5. The average Bonchev–Trinajstić information content (AvgIpc) is 3.16. The second-order valence-electron chi connectivity index (χ2n) is 6.12. The number of amides is 1. The van der Waals surface area contributed by atoms with Gasteiger partial charge < -0.3 is 19.5 Å². The summed E-state index contributed by atoms with van der Waals surface area (Å²) in [6.45, 7) is 0.768. The van der Waals surface area contributed by atoms with E-state index in [0.29, 0.717) is 37.5 Å². The minimum absolute atomic E-state index is 0.173. The number of likely N-dealkylation sites (tertiary alicyclic amines) is 1.